The zero-order valence-electron chi connectivity index (χ0n) is 12.3. The maximum absolute atomic E-state index is 12.2. The summed E-state index contributed by atoms with van der Waals surface area (Å²) in [4.78, 5) is 27.9. The van der Waals surface area contributed by atoms with Crippen LogP contribution in [0.5, 0.6) is 0 Å². The molecule has 1 aliphatic rings. The highest BCUT2D eigenvalue weighted by atomic mass is 16.5. The van der Waals surface area contributed by atoms with E-state index in [0.717, 1.165) is 0 Å². The zero-order valence-corrected chi connectivity index (χ0v) is 12.3. The molecule has 2 rings (SSSR count). The molecule has 0 bridgehead atoms. The van der Waals surface area contributed by atoms with Gasteiger partial charge < -0.3 is 10.1 Å². The zero-order chi connectivity index (χ0) is 15.6. The van der Waals surface area contributed by atoms with E-state index in [9.17, 15) is 9.59 Å². The van der Waals surface area contributed by atoms with E-state index in [4.69, 9.17) is 5.26 Å². The Kier molecular flexibility index (Phi) is 3.94. The van der Waals surface area contributed by atoms with E-state index < -0.39 is 11.4 Å². The number of hydrogen-bond acceptors (Lipinski definition) is 5. The largest absolute Gasteiger partial charge is 0.464 e. The van der Waals surface area contributed by atoms with Crippen LogP contribution in [0.4, 0.5) is 5.82 Å². The van der Waals surface area contributed by atoms with Gasteiger partial charge in [0.1, 0.15) is 5.82 Å². The van der Waals surface area contributed by atoms with Gasteiger partial charge in [-0.2, -0.15) is 5.26 Å². The number of nitrogens with one attached hydrogen (secondary N) is 1. The Morgan fingerprint density at radius 3 is 2.71 bits per heavy atom. The Labute approximate surface area is 123 Å². The van der Waals surface area contributed by atoms with Gasteiger partial charge in [0.15, 0.2) is 5.69 Å². The smallest absolute Gasteiger partial charge is 0.357 e. The average molecular weight is 287 g/mol. The van der Waals surface area contributed by atoms with Gasteiger partial charge in [-0.1, -0.05) is 13.0 Å². The molecule has 1 heterocycles. The first-order valence-electron chi connectivity index (χ1n) is 6.66. The minimum absolute atomic E-state index is 0.0580. The maximum atomic E-state index is 12.2. The Hall–Kier alpha value is -2.42. The molecule has 0 atom stereocenters. The summed E-state index contributed by atoms with van der Waals surface area (Å²) >= 11 is 0. The standard InChI is InChI=1S/C15H17N3O3/c1-9-4-5-11(17-12(9)13(19)21-3)18-14(20)15(2)6-10(7-15)8-16/h4-5,10H,6-7H2,1-3H3,(H,17,18,20). The van der Waals surface area contributed by atoms with Crippen molar-refractivity contribution in [1.29, 1.82) is 5.26 Å². The third-order valence-corrected chi connectivity index (χ3v) is 3.84. The van der Waals surface area contributed by atoms with Gasteiger partial charge in [-0.05, 0) is 31.4 Å². The highest BCUT2D eigenvalue weighted by Crippen LogP contribution is 2.45. The number of carbonyl (C=O) groups is 2. The highest BCUT2D eigenvalue weighted by Gasteiger charge is 2.46. The topological polar surface area (TPSA) is 92.1 Å². The summed E-state index contributed by atoms with van der Waals surface area (Å²) in [7, 11) is 1.28. The normalized spacial score (nSPS) is 23.6. The van der Waals surface area contributed by atoms with Crippen LogP contribution in [-0.4, -0.2) is 24.0 Å². The number of carbonyl (C=O) groups excluding carboxylic acids is 2. The Bertz CT molecular complexity index is 628. The first-order chi connectivity index (χ1) is 9.89. The number of rotatable bonds is 3. The molecule has 1 aromatic heterocycles. The van der Waals surface area contributed by atoms with E-state index in [1.165, 1.54) is 7.11 Å². The Morgan fingerprint density at radius 2 is 2.14 bits per heavy atom. The van der Waals surface area contributed by atoms with Crippen LogP contribution in [0.2, 0.25) is 0 Å². The molecular weight excluding hydrogens is 270 g/mol. The quantitative estimate of drug-likeness (QED) is 0.859. The molecule has 6 nitrogen and oxygen atoms in total. The number of ether oxygens (including phenoxy) is 1. The highest BCUT2D eigenvalue weighted by molar-refractivity contribution is 5.96. The summed E-state index contributed by atoms with van der Waals surface area (Å²) in [6.45, 7) is 3.57. The van der Waals surface area contributed by atoms with Crippen LogP contribution in [0, 0.1) is 29.6 Å². The van der Waals surface area contributed by atoms with Crippen molar-refractivity contribution in [2.45, 2.75) is 26.7 Å². The summed E-state index contributed by atoms with van der Waals surface area (Å²) in [6, 6.07) is 5.50. The number of methoxy groups -OCH3 is 1. The number of aromatic nitrogens is 1. The molecule has 6 heteroatoms. The lowest BCUT2D eigenvalue weighted by Crippen LogP contribution is -2.44. The lowest BCUT2D eigenvalue weighted by Gasteiger charge is -2.40. The van der Waals surface area contributed by atoms with Crippen molar-refractivity contribution in [3.8, 4) is 6.07 Å². The van der Waals surface area contributed by atoms with Crippen molar-refractivity contribution in [2.24, 2.45) is 11.3 Å². The maximum Gasteiger partial charge on any atom is 0.357 e. The molecule has 1 aliphatic carbocycles. The number of esters is 1. The average Bonchev–Trinajstić information content (AvgIpc) is 2.44. The van der Waals surface area contributed by atoms with Gasteiger partial charge in [0.05, 0.1) is 13.2 Å². The second-order valence-corrected chi connectivity index (χ2v) is 5.60. The molecule has 0 radical (unpaired) electrons. The molecule has 0 saturated heterocycles. The molecule has 21 heavy (non-hydrogen) atoms. The lowest BCUT2D eigenvalue weighted by molar-refractivity contribution is -0.130. The van der Waals surface area contributed by atoms with E-state index in [1.54, 1.807) is 19.1 Å². The molecule has 0 unspecified atom stereocenters. The van der Waals surface area contributed by atoms with Gasteiger partial charge >= 0.3 is 5.97 Å². The molecule has 1 fully saturated rings. The molecule has 0 spiro atoms. The first kappa shape index (κ1) is 15.0. The molecule has 1 saturated carbocycles. The van der Waals surface area contributed by atoms with Crippen LogP contribution in [0.3, 0.4) is 0 Å². The van der Waals surface area contributed by atoms with Crippen molar-refractivity contribution in [1.82, 2.24) is 4.98 Å². The van der Waals surface area contributed by atoms with Gasteiger partial charge in [0.2, 0.25) is 5.91 Å². The number of anilines is 1. The number of nitriles is 1. The summed E-state index contributed by atoms with van der Waals surface area (Å²) in [6.07, 6.45) is 1.09. The van der Waals surface area contributed by atoms with E-state index in [-0.39, 0.29) is 17.5 Å². The molecule has 1 amide bonds. The monoisotopic (exact) mass is 287 g/mol. The molecule has 0 aliphatic heterocycles. The predicted molar refractivity (Wildman–Crippen MR) is 75.4 cm³/mol. The summed E-state index contributed by atoms with van der Waals surface area (Å²) in [5.74, 6) is -0.464. The molecule has 0 aromatic carbocycles. The van der Waals surface area contributed by atoms with Crippen LogP contribution < -0.4 is 5.32 Å². The van der Waals surface area contributed by atoms with Crippen LogP contribution >= 0.6 is 0 Å². The van der Waals surface area contributed by atoms with Crippen molar-refractivity contribution in [2.75, 3.05) is 12.4 Å². The Balaban J connectivity index is 2.12. The fourth-order valence-corrected chi connectivity index (χ4v) is 2.47. The van der Waals surface area contributed by atoms with E-state index in [1.807, 2.05) is 6.92 Å². The molecule has 1 aromatic rings. The molecule has 110 valence electrons. The van der Waals surface area contributed by atoms with Gasteiger partial charge in [-0.3, -0.25) is 4.79 Å². The van der Waals surface area contributed by atoms with Crippen molar-refractivity contribution in [3.05, 3.63) is 23.4 Å². The second kappa shape index (κ2) is 5.52. The van der Waals surface area contributed by atoms with E-state index in [0.29, 0.717) is 24.2 Å². The predicted octanol–water partition coefficient (Wildman–Crippen LogP) is 2.06. The number of pyridine rings is 1. The van der Waals surface area contributed by atoms with Crippen molar-refractivity contribution in [3.63, 3.8) is 0 Å². The number of amides is 1. The molecular formula is C15H17N3O3. The van der Waals surface area contributed by atoms with Crippen molar-refractivity contribution < 1.29 is 14.3 Å². The van der Waals surface area contributed by atoms with Crippen LogP contribution in [0.15, 0.2) is 12.1 Å². The number of hydrogen-bond donors (Lipinski definition) is 1. The van der Waals surface area contributed by atoms with Gasteiger partial charge in [0, 0.05) is 11.3 Å². The fourth-order valence-electron chi connectivity index (χ4n) is 2.47. The third kappa shape index (κ3) is 2.87. The van der Waals surface area contributed by atoms with Crippen LogP contribution in [0.25, 0.3) is 0 Å². The van der Waals surface area contributed by atoms with Gasteiger partial charge in [0.25, 0.3) is 0 Å². The third-order valence-electron chi connectivity index (χ3n) is 3.84. The van der Waals surface area contributed by atoms with E-state index >= 15 is 0 Å². The number of nitrogens with zero attached hydrogens (tertiary/aromatic N) is 2. The lowest BCUT2D eigenvalue weighted by atomic mass is 9.63. The summed E-state index contributed by atoms with van der Waals surface area (Å²) < 4.78 is 4.66. The summed E-state index contributed by atoms with van der Waals surface area (Å²) in [5, 5.41) is 11.5. The van der Waals surface area contributed by atoms with Gasteiger partial charge in [-0.25, -0.2) is 9.78 Å². The number of aryl methyl sites for hydroxylation is 1. The summed E-state index contributed by atoms with van der Waals surface area (Å²) in [5.41, 5.74) is 0.321. The van der Waals surface area contributed by atoms with Gasteiger partial charge in [-0.15, -0.1) is 0 Å². The molecule has 1 N–H and O–H groups in total. The van der Waals surface area contributed by atoms with Crippen LogP contribution in [0.1, 0.15) is 35.8 Å². The second-order valence-electron chi connectivity index (χ2n) is 5.60. The SMILES string of the molecule is COC(=O)c1nc(NC(=O)C2(C)CC(C#N)C2)ccc1C. The van der Waals surface area contributed by atoms with Crippen molar-refractivity contribution >= 4 is 17.7 Å². The Morgan fingerprint density at radius 1 is 1.48 bits per heavy atom. The van der Waals surface area contributed by atoms with E-state index in [2.05, 4.69) is 21.1 Å². The first-order valence-corrected chi connectivity index (χ1v) is 6.66. The minimum Gasteiger partial charge on any atom is -0.464 e. The minimum atomic E-state index is -0.543. The fraction of sp³-hybridized carbons (Fsp3) is 0.467. The van der Waals surface area contributed by atoms with Crippen LogP contribution in [-0.2, 0) is 9.53 Å².